The van der Waals surface area contributed by atoms with Crippen molar-refractivity contribution in [2.75, 3.05) is 33.5 Å². The summed E-state index contributed by atoms with van der Waals surface area (Å²) in [6, 6.07) is 8.40. The van der Waals surface area contributed by atoms with Crippen LogP contribution in [0.1, 0.15) is 17.7 Å². The number of amides is 1. The number of aromatic nitrogens is 1. The number of methoxy groups -OCH3 is 1. The zero-order valence-electron chi connectivity index (χ0n) is 14.7. The summed E-state index contributed by atoms with van der Waals surface area (Å²) in [5.41, 5.74) is 3.16. The molecule has 1 saturated heterocycles. The standard InChI is InChI=1S/C19H24N2O3S/c1-14-3-5-15(6-4-14)19-20-16(13-25-19)11-18(22)21-8-10-24-12-17(21)7-9-23-2/h3-6,13,17H,7-12H2,1-2H3. The van der Waals surface area contributed by atoms with Crippen molar-refractivity contribution in [3.05, 3.63) is 40.9 Å². The van der Waals surface area contributed by atoms with Crippen LogP contribution >= 0.6 is 11.3 Å². The van der Waals surface area contributed by atoms with Gasteiger partial charge in [0.05, 0.1) is 31.4 Å². The summed E-state index contributed by atoms with van der Waals surface area (Å²) in [7, 11) is 1.68. The quantitative estimate of drug-likeness (QED) is 0.795. The molecule has 0 saturated carbocycles. The third-order valence-electron chi connectivity index (χ3n) is 4.39. The van der Waals surface area contributed by atoms with Crippen molar-refractivity contribution in [1.82, 2.24) is 9.88 Å². The van der Waals surface area contributed by atoms with Gasteiger partial charge in [-0.1, -0.05) is 29.8 Å². The Morgan fingerprint density at radius 2 is 2.20 bits per heavy atom. The molecular formula is C19H24N2O3S. The molecule has 0 spiro atoms. The maximum absolute atomic E-state index is 12.7. The van der Waals surface area contributed by atoms with Crippen LogP contribution in [0.5, 0.6) is 0 Å². The van der Waals surface area contributed by atoms with Gasteiger partial charge in [-0.2, -0.15) is 0 Å². The predicted molar refractivity (Wildman–Crippen MR) is 98.8 cm³/mol. The fourth-order valence-electron chi connectivity index (χ4n) is 2.95. The van der Waals surface area contributed by atoms with Crippen LogP contribution in [-0.2, 0) is 20.7 Å². The van der Waals surface area contributed by atoms with E-state index in [1.54, 1.807) is 18.4 Å². The first-order chi connectivity index (χ1) is 12.2. The lowest BCUT2D eigenvalue weighted by Gasteiger charge is -2.35. The van der Waals surface area contributed by atoms with Gasteiger partial charge in [0.25, 0.3) is 0 Å². The van der Waals surface area contributed by atoms with Crippen LogP contribution in [0, 0.1) is 6.92 Å². The van der Waals surface area contributed by atoms with E-state index in [1.165, 1.54) is 5.56 Å². The van der Waals surface area contributed by atoms with Crippen LogP contribution < -0.4 is 0 Å². The zero-order valence-corrected chi connectivity index (χ0v) is 15.6. The third kappa shape index (κ3) is 4.66. The molecule has 0 N–H and O–H groups in total. The molecule has 0 bridgehead atoms. The summed E-state index contributed by atoms with van der Waals surface area (Å²) < 4.78 is 10.7. The molecule has 2 heterocycles. The fourth-order valence-corrected chi connectivity index (χ4v) is 3.78. The van der Waals surface area contributed by atoms with Crippen molar-refractivity contribution in [1.29, 1.82) is 0 Å². The number of thiazole rings is 1. The van der Waals surface area contributed by atoms with Gasteiger partial charge in [0.2, 0.25) is 5.91 Å². The Morgan fingerprint density at radius 1 is 1.40 bits per heavy atom. The van der Waals surface area contributed by atoms with E-state index in [1.807, 2.05) is 10.3 Å². The van der Waals surface area contributed by atoms with Crippen molar-refractivity contribution >= 4 is 17.2 Å². The number of nitrogens with zero attached hydrogens (tertiary/aromatic N) is 2. The van der Waals surface area contributed by atoms with E-state index in [0.29, 0.717) is 32.8 Å². The molecule has 134 valence electrons. The molecule has 25 heavy (non-hydrogen) atoms. The zero-order chi connectivity index (χ0) is 17.6. The van der Waals surface area contributed by atoms with Gasteiger partial charge in [0.15, 0.2) is 0 Å². The average molecular weight is 360 g/mol. The minimum atomic E-state index is 0.0939. The van der Waals surface area contributed by atoms with E-state index in [0.717, 1.165) is 22.7 Å². The van der Waals surface area contributed by atoms with Crippen LogP contribution in [-0.4, -0.2) is 55.3 Å². The molecule has 1 aromatic heterocycles. The monoisotopic (exact) mass is 360 g/mol. The number of morpholine rings is 1. The van der Waals surface area contributed by atoms with Crippen molar-refractivity contribution in [2.24, 2.45) is 0 Å². The Hall–Kier alpha value is -1.76. The van der Waals surface area contributed by atoms with Gasteiger partial charge in [-0.25, -0.2) is 4.98 Å². The predicted octanol–water partition coefficient (Wildman–Crippen LogP) is 2.92. The average Bonchev–Trinajstić information content (AvgIpc) is 3.09. The molecule has 6 heteroatoms. The van der Waals surface area contributed by atoms with Crippen LogP contribution in [0.25, 0.3) is 10.6 Å². The number of rotatable bonds is 6. The molecule has 1 unspecified atom stereocenters. The maximum atomic E-state index is 12.7. The van der Waals surface area contributed by atoms with Crippen molar-refractivity contribution < 1.29 is 14.3 Å². The second kappa shape index (κ2) is 8.56. The Balaban J connectivity index is 1.65. The SMILES string of the molecule is COCCC1COCCN1C(=O)Cc1csc(-c2ccc(C)cc2)n1. The Bertz CT molecular complexity index is 699. The number of carbonyl (C=O) groups excluding carboxylic acids is 1. The minimum absolute atomic E-state index is 0.0939. The van der Waals surface area contributed by atoms with Crippen molar-refractivity contribution in [3.63, 3.8) is 0 Å². The first kappa shape index (κ1) is 18.0. The van der Waals surface area contributed by atoms with E-state index < -0.39 is 0 Å². The normalized spacial score (nSPS) is 17.7. The van der Waals surface area contributed by atoms with E-state index in [2.05, 4.69) is 36.2 Å². The van der Waals surface area contributed by atoms with Crippen LogP contribution in [0.2, 0.25) is 0 Å². The molecule has 1 aliphatic rings. The van der Waals surface area contributed by atoms with Gasteiger partial charge in [-0.15, -0.1) is 11.3 Å². The van der Waals surface area contributed by atoms with E-state index in [4.69, 9.17) is 9.47 Å². The highest BCUT2D eigenvalue weighted by Crippen LogP contribution is 2.24. The third-order valence-corrected chi connectivity index (χ3v) is 5.33. The summed E-state index contributed by atoms with van der Waals surface area (Å²) in [4.78, 5) is 19.3. The van der Waals surface area contributed by atoms with Gasteiger partial charge in [0, 0.05) is 31.2 Å². The van der Waals surface area contributed by atoms with Gasteiger partial charge >= 0.3 is 0 Å². The Labute approximate surface area is 152 Å². The fraction of sp³-hybridized carbons (Fsp3) is 0.474. The number of aryl methyl sites for hydroxylation is 1. The lowest BCUT2D eigenvalue weighted by molar-refractivity contribution is -0.139. The molecule has 1 aromatic carbocycles. The number of ether oxygens (including phenoxy) is 2. The summed E-state index contributed by atoms with van der Waals surface area (Å²) in [6.07, 6.45) is 1.14. The van der Waals surface area contributed by atoms with Crippen LogP contribution in [0.15, 0.2) is 29.6 Å². The molecule has 0 aliphatic carbocycles. The lowest BCUT2D eigenvalue weighted by Crippen LogP contribution is -2.49. The molecule has 5 nitrogen and oxygen atoms in total. The summed E-state index contributed by atoms with van der Waals surface area (Å²) in [5.74, 6) is 0.116. The highest BCUT2D eigenvalue weighted by molar-refractivity contribution is 7.13. The Morgan fingerprint density at radius 3 is 2.96 bits per heavy atom. The van der Waals surface area contributed by atoms with Crippen LogP contribution in [0.3, 0.4) is 0 Å². The van der Waals surface area contributed by atoms with Gasteiger partial charge in [0.1, 0.15) is 5.01 Å². The molecule has 2 aromatic rings. The molecule has 1 atom stereocenters. The topological polar surface area (TPSA) is 51.7 Å². The molecule has 1 aliphatic heterocycles. The maximum Gasteiger partial charge on any atom is 0.229 e. The minimum Gasteiger partial charge on any atom is -0.385 e. The summed E-state index contributed by atoms with van der Waals surface area (Å²) in [6.45, 7) is 4.52. The Kier molecular flexibility index (Phi) is 6.18. The largest absolute Gasteiger partial charge is 0.385 e. The van der Waals surface area contributed by atoms with Crippen LogP contribution in [0.4, 0.5) is 0 Å². The smallest absolute Gasteiger partial charge is 0.229 e. The number of hydrogen-bond acceptors (Lipinski definition) is 5. The lowest BCUT2D eigenvalue weighted by atomic mass is 10.1. The second-order valence-electron chi connectivity index (χ2n) is 6.28. The van der Waals surface area contributed by atoms with E-state index in [9.17, 15) is 4.79 Å². The van der Waals surface area contributed by atoms with E-state index in [-0.39, 0.29) is 11.9 Å². The van der Waals surface area contributed by atoms with Gasteiger partial charge in [-0.3, -0.25) is 4.79 Å². The molecule has 1 amide bonds. The summed E-state index contributed by atoms with van der Waals surface area (Å²) in [5, 5.41) is 2.94. The summed E-state index contributed by atoms with van der Waals surface area (Å²) >= 11 is 1.59. The molecular weight excluding hydrogens is 336 g/mol. The number of hydrogen-bond donors (Lipinski definition) is 0. The first-order valence-corrected chi connectivity index (χ1v) is 9.43. The number of benzene rings is 1. The first-order valence-electron chi connectivity index (χ1n) is 8.55. The van der Waals surface area contributed by atoms with Gasteiger partial charge in [-0.05, 0) is 13.3 Å². The van der Waals surface area contributed by atoms with E-state index >= 15 is 0 Å². The molecule has 1 fully saturated rings. The second-order valence-corrected chi connectivity index (χ2v) is 7.14. The van der Waals surface area contributed by atoms with Crippen molar-refractivity contribution in [2.45, 2.75) is 25.8 Å². The van der Waals surface area contributed by atoms with Crippen molar-refractivity contribution in [3.8, 4) is 10.6 Å². The highest BCUT2D eigenvalue weighted by Gasteiger charge is 2.27. The van der Waals surface area contributed by atoms with Gasteiger partial charge < -0.3 is 14.4 Å². The molecule has 0 radical (unpaired) electrons. The highest BCUT2D eigenvalue weighted by atomic mass is 32.1. The number of carbonyl (C=O) groups is 1. The molecule has 3 rings (SSSR count).